The minimum atomic E-state index is 0.693. The standard InChI is InChI=1S/C15H20ClNS/c1-4-12-13-7-11(16)5-6-14(13)18-15(12)9-17-8-10(2)3/h5-7,10,17H,4,8-9H2,1-3H3. The van der Waals surface area contributed by atoms with Crippen molar-refractivity contribution in [1.82, 2.24) is 5.32 Å². The van der Waals surface area contributed by atoms with Gasteiger partial charge >= 0.3 is 0 Å². The highest BCUT2D eigenvalue weighted by molar-refractivity contribution is 7.19. The zero-order valence-corrected chi connectivity index (χ0v) is 12.8. The van der Waals surface area contributed by atoms with Gasteiger partial charge in [-0.1, -0.05) is 32.4 Å². The van der Waals surface area contributed by atoms with Crippen molar-refractivity contribution in [3.05, 3.63) is 33.7 Å². The molecule has 18 heavy (non-hydrogen) atoms. The number of thiophene rings is 1. The summed E-state index contributed by atoms with van der Waals surface area (Å²) >= 11 is 7.98. The molecule has 0 saturated carbocycles. The van der Waals surface area contributed by atoms with Crippen LogP contribution >= 0.6 is 22.9 Å². The van der Waals surface area contributed by atoms with E-state index in [2.05, 4.69) is 38.2 Å². The zero-order chi connectivity index (χ0) is 13.1. The lowest BCUT2D eigenvalue weighted by Crippen LogP contribution is -2.18. The molecule has 3 heteroatoms. The second kappa shape index (κ2) is 6.05. The van der Waals surface area contributed by atoms with E-state index in [1.165, 1.54) is 20.5 Å². The molecule has 1 heterocycles. The lowest BCUT2D eigenvalue weighted by atomic mass is 10.1. The first-order valence-corrected chi connectivity index (χ1v) is 7.71. The second-order valence-corrected chi connectivity index (χ2v) is 6.60. The Kier molecular flexibility index (Phi) is 4.66. The molecule has 0 atom stereocenters. The van der Waals surface area contributed by atoms with E-state index < -0.39 is 0 Å². The molecule has 0 fully saturated rings. The number of aryl methyl sites for hydroxylation is 1. The maximum absolute atomic E-state index is 6.09. The first-order chi connectivity index (χ1) is 8.61. The molecule has 0 aliphatic rings. The molecule has 98 valence electrons. The third kappa shape index (κ3) is 3.05. The fourth-order valence-corrected chi connectivity index (χ4v) is 3.59. The van der Waals surface area contributed by atoms with Crippen LogP contribution in [0.2, 0.25) is 5.02 Å². The summed E-state index contributed by atoms with van der Waals surface area (Å²) in [5.74, 6) is 0.693. The van der Waals surface area contributed by atoms with Gasteiger partial charge in [0.2, 0.25) is 0 Å². The summed E-state index contributed by atoms with van der Waals surface area (Å²) in [7, 11) is 0. The Bertz CT molecular complexity index is 531. The molecule has 0 saturated heterocycles. The Balaban J connectivity index is 2.27. The van der Waals surface area contributed by atoms with Crippen molar-refractivity contribution >= 4 is 33.0 Å². The molecule has 2 rings (SSSR count). The molecule has 1 aromatic carbocycles. The molecule has 2 aromatic rings. The van der Waals surface area contributed by atoms with Crippen molar-refractivity contribution in [2.75, 3.05) is 6.54 Å². The lowest BCUT2D eigenvalue weighted by molar-refractivity contribution is 0.554. The molecular formula is C15H20ClNS. The monoisotopic (exact) mass is 281 g/mol. The summed E-state index contributed by atoms with van der Waals surface area (Å²) in [6.07, 6.45) is 1.07. The number of rotatable bonds is 5. The minimum Gasteiger partial charge on any atom is -0.312 e. The predicted molar refractivity (Wildman–Crippen MR) is 82.8 cm³/mol. The van der Waals surface area contributed by atoms with Gasteiger partial charge in [-0.2, -0.15) is 0 Å². The van der Waals surface area contributed by atoms with Crippen LogP contribution in [0.1, 0.15) is 31.2 Å². The first-order valence-electron chi connectivity index (χ1n) is 6.52. The fraction of sp³-hybridized carbons (Fsp3) is 0.467. The smallest absolute Gasteiger partial charge is 0.0413 e. The van der Waals surface area contributed by atoms with E-state index in [0.29, 0.717) is 5.92 Å². The number of benzene rings is 1. The van der Waals surface area contributed by atoms with Crippen LogP contribution in [0, 0.1) is 5.92 Å². The molecule has 0 aliphatic heterocycles. The van der Waals surface area contributed by atoms with Crippen LogP contribution in [0.15, 0.2) is 18.2 Å². The molecule has 0 amide bonds. The molecule has 0 spiro atoms. The highest BCUT2D eigenvalue weighted by atomic mass is 35.5. The number of halogens is 1. The second-order valence-electron chi connectivity index (χ2n) is 5.02. The maximum atomic E-state index is 6.09. The van der Waals surface area contributed by atoms with Gasteiger partial charge in [0.1, 0.15) is 0 Å². The van der Waals surface area contributed by atoms with Gasteiger partial charge in [-0.25, -0.2) is 0 Å². The topological polar surface area (TPSA) is 12.0 Å². The summed E-state index contributed by atoms with van der Waals surface area (Å²) in [5, 5.41) is 5.69. The summed E-state index contributed by atoms with van der Waals surface area (Å²) < 4.78 is 1.34. The normalized spacial score (nSPS) is 11.6. The van der Waals surface area contributed by atoms with Crippen LogP contribution in [0.5, 0.6) is 0 Å². The predicted octanol–water partition coefficient (Wildman–Crippen LogP) is 4.86. The lowest BCUT2D eigenvalue weighted by Gasteiger charge is -2.07. The first kappa shape index (κ1) is 13.9. The van der Waals surface area contributed by atoms with Gasteiger partial charge in [-0.05, 0) is 48.0 Å². The Hall–Kier alpha value is -0.570. The van der Waals surface area contributed by atoms with Gasteiger partial charge in [0.15, 0.2) is 0 Å². The van der Waals surface area contributed by atoms with E-state index in [0.717, 1.165) is 24.5 Å². The van der Waals surface area contributed by atoms with Gasteiger partial charge in [-0.15, -0.1) is 11.3 Å². The van der Waals surface area contributed by atoms with E-state index in [4.69, 9.17) is 11.6 Å². The average molecular weight is 282 g/mol. The van der Waals surface area contributed by atoms with E-state index in [1.54, 1.807) is 0 Å². The molecule has 1 nitrogen and oxygen atoms in total. The van der Waals surface area contributed by atoms with Crippen LogP contribution < -0.4 is 5.32 Å². The van der Waals surface area contributed by atoms with Gasteiger partial charge in [0.25, 0.3) is 0 Å². The Morgan fingerprint density at radius 3 is 2.78 bits per heavy atom. The Morgan fingerprint density at radius 1 is 1.33 bits per heavy atom. The van der Waals surface area contributed by atoms with Crippen molar-refractivity contribution in [2.24, 2.45) is 5.92 Å². The van der Waals surface area contributed by atoms with E-state index in [9.17, 15) is 0 Å². The number of hydrogen-bond acceptors (Lipinski definition) is 2. The minimum absolute atomic E-state index is 0.693. The van der Waals surface area contributed by atoms with Crippen LogP contribution in [0.25, 0.3) is 10.1 Å². The molecular weight excluding hydrogens is 262 g/mol. The molecule has 1 aromatic heterocycles. The van der Waals surface area contributed by atoms with Gasteiger partial charge in [0.05, 0.1) is 0 Å². The Morgan fingerprint density at radius 2 is 2.11 bits per heavy atom. The third-order valence-corrected chi connectivity index (χ3v) is 4.48. The van der Waals surface area contributed by atoms with Crippen molar-refractivity contribution in [2.45, 2.75) is 33.7 Å². The van der Waals surface area contributed by atoms with Crippen LogP contribution in [0.3, 0.4) is 0 Å². The van der Waals surface area contributed by atoms with Gasteiger partial charge in [-0.3, -0.25) is 0 Å². The van der Waals surface area contributed by atoms with Gasteiger partial charge in [0, 0.05) is 21.1 Å². The number of hydrogen-bond donors (Lipinski definition) is 1. The quantitative estimate of drug-likeness (QED) is 0.825. The molecule has 0 unspecified atom stereocenters. The van der Waals surface area contributed by atoms with E-state index in [1.807, 2.05) is 17.4 Å². The molecule has 0 aliphatic carbocycles. The van der Waals surface area contributed by atoms with E-state index in [-0.39, 0.29) is 0 Å². The number of nitrogens with one attached hydrogen (secondary N) is 1. The summed E-state index contributed by atoms with van der Waals surface area (Å²) in [6, 6.07) is 6.21. The summed E-state index contributed by atoms with van der Waals surface area (Å²) in [5.41, 5.74) is 1.45. The van der Waals surface area contributed by atoms with E-state index >= 15 is 0 Å². The van der Waals surface area contributed by atoms with Crippen LogP contribution in [-0.4, -0.2) is 6.54 Å². The van der Waals surface area contributed by atoms with Crippen LogP contribution in [-0.2, 0) is 13.0 Å². The fourth-order valence-electron chi connectivity index (χ4n) is 2.18. The van der Waals surface area contributed by atoms with Crippen molar-refractivity contribution in [1.29, 1.82) is 0 Å². The average Bonchev–Trinajstić information content (AvgIpc) is 2.65. The third-order valence-electron chi connectivity index (χ3n) is 3.03. The van der Waals surface area contributed by atoms with Crippen molar-refractivity contribution in [3.8, 4) is 0 Å². The van der Waals surface area contributed by atoms with Crippen LogP contribution in [0.4, 0.5) is 0 Å². The maximum Gasteiger partial charge on any atom is 0.0413 e. The zero-order valence-electron chi connectivity index (χ0n) is 11.2. The highest BCUT2D eigenvalue weighted by Crippen LogP contribution is 2.33. The van der Waals surface area contributed by atoms with Gasteiger partial charge < -0.3 is 5.32 Å². The van der Waals surface area contributed by atoms with Crippen molar-refractivity contribution < 1.29 is 0 Å². The SMILES string of the molecule is CCc1c(CNCC(C)C)sc2ccc(Cl)cc12. The molecule has 0 bridgehead atoms. The summed E-state index contributed by atoms with van der Waals surface area (Å²) in [6.45, 7) is 8.72. The highest BCUT2D eigenvalue weighted by Gasteiger charge is 2.10. The largest absolute Gasteiger partial charge is 0.312 e. The Labute approximate surface area is 118 Å². The number of fused-ring (bicyclic) bond motifs is 1. The molecule has 1 N–H and O–H groups in total. The van der Waals surface area contributed by atoms with Crippen molar-refractivity contribution in [3.63, 3.8) is 0 Å². The molecule has 0 radical (unpaired) electrons. The summed E-state index contributed by atoms with van der Waals surface area (Å²) in [4.78, 5) is 1.45.